The van der Waals surface area contributed by atoms with Gasteiger partial charge in [0.15, 0.2) is 0 Å². The monoisotopic (exact) mass is 338 g/mol. The van der Waals surface area contributed by atoms with Crippen molar-refractivity contribution in [1.82, 2.24) is 0 Å². The number of rotatable bonds is 3. The summed E-state index contributed by atoms with van der Waals surface area (Å²) >= 11 is 3.87. The Balaban J connectivity index is 1.88. The standard InChI is InChI=1S/C20H19Br/c1-14-7-8-15(2)19(11-14)20(21)13-16-9-10-17-5-3-4-6-18(17)12-16/h3-12,20H,13H2,1-2H3. The molecule has 0 bridgehead atoms. The van der Waals surface area contributed by atoms with Gasteiger partial charge in [0.1, 0.15) is 0 Å². The quantitative estimate of drug-likeness (QED) is 0.503. The number of alkyl halides is 1. The predicted molar refractivity (Wildman–Crippen MR) is 95.2 cm³/mol. The van der Waals surface area contributed by atoms with E-state index in [0.29, 0.717) is 4.83 Å². The molecule has 1 atom stereocenters. The highest BCUT2D eigenvalue weighted by atomic mass is 79.9. The fraction of sp³-hybridized carbons (Fsp3) is 0.200. The molecule has 0 aliphatic heterocycles. The first-order chi connectivity index (χ1) is 10.1. The summed E-state index contributed by atoms with van der Waals surface area (Å²) in [6.45, 7) is 4.34. The summed E-state index contributed by atoms with van der Waals surface area (Å²) in [5, 5.41) is 2.62. The third kappa shape index (κ3) is 3.19. The van der Waals surface area contributed by atoms with Crippen LogP contribution < -0.4 is 0 Å². The lowest BCUT2D eigenvalue weighted by atomic mass is 9.97. The van der Waals surface area contributed by atoms with Gasteiger partial charge in [0.25, 0.3) is 0 Å². The van der Waals surface area contributed by atoms with Crippen LogP contribution in [0.15, 0.2) is 60.7 Å². The topological polar surface area (TPSA) is 0 Å². The van der Waals surface area contributed by atoms with Gasteiger partial charge in [-0.15, -0.1) is 0 Å². The molecule has 0 saturated carbocycles. The molecule has 0 amide bonds. The molecule has 106 valence electrons. The Kier molecular flexibility index (Phi) is 4.12. The van der Waals surface area contributed by atoms with E-state index in [1.165, 1.54) is 33.0 Å². The predicted octanol–water partition coefficient (Wildman–Crippen LogP) is 6.14. The van der Waals surface area contributed by atoms with Crippen LogP contribution in [0, 0.1) is 13.8 Å². The summed E-state index contributed by atoms with van der Waals surface area (Å²) in [5.41, 5.74) is 5.43. The average Bonchev–Trinajstić information content (AvgIpc) is 2.49. The second kappa shape index (κ2) is 6.03. The Labute approximate surface area is 134 Å². The van der Waals surface area contributed by atoms with Crippen molar-refractivity contribution in [2.24, 2.45) is 0 Å². The molecule has 0 aromatic heterocycles. The molecular weight excluding hydrogens is 320 g/mol. The lowest BCUT2D eigenvalue weighted by Gasteiger charge is -2.14. The second-order valence-electron chi connectivity index (χ2n) is 5.71. The van der Waals surface area contributed by atoms with E-state index in [-0.39, 0.29) is 0 Å². The van der Waals surface area contributed by atoms with Crippen molar-refractivity contribution in [3.8, 4) is 0 Å². The summed E-state index contributed by atoms with van der Waals surface area (Å²) in [4.78, 5) is 0.360. The molecule has 3 aromatic rings. The van der Waals surface area contributed by atoms with Crippen LogP contribution in [-0.2, 0) is 6.42 Å². The van der Waals surface area contributed by atoms with Gasteiger partial charge in [0.05, 0.1) is 0 Å². The van der Waals surface area contributed by atoms with E-state index in [1.54, 1.807) is 0 Å². The normalized spacial score (nSPS) is 12.5. The summed E-state index contributed by atoms with van der Waals surface area (Å²) in [6.07, 6.45) is 1.01. The van der Waals surface area contributed by atoms with E-state index >= 15 is 0 Å². The minimum Gasteiger partial charge on any atom is -0.0835 e. The van der Waals surface area contributed by atoms with Crippen molar-refractivity contribution in [2.45, 2.75) is 25.1 Å². The van der Waals surface area contributed by atoms with Gasteiger partial charge in [-0.05, 0) is 47.7 Å². The highest BCUT2D eigenvalue weighted by Crippen LogP contribution is 2.31. The average molecular weight is 339 g/mol. The van der Waals surface area contributed by atoms with Crippen molar-refractivity contribution in [3.05, 3.63) is 82.9 Å². The molecular formula is C20H19Br. The summed E-state index contributed by atoms with van der Waals surface area (Å²) in [5.74, 6) is 0. The fourth-order valence-corrected chi connectivity index (χ4v) is 3.65. The van der Waals surface area contributed by atoms with Crippen molar-refractivity contribution in [1.29, 1.82) is 0 Å². The summed E-state index contributed by atoms with van der Waals surface area (Å²) in [7, 11) is 0. The first-order valence-corrected chi connectivity index (χ1v) is 8.24. The van der Waals surface area contributed by atoms with Gasteiger partial charge in [-0.2, -0.15) is 0 Å². The van der Waals surface area contributed by atoms with Gasteiger partial charge >= 0.3 is 0 Å². The van der Waals surface area contributed by atoms with Crippen LogP contribution in [0.1, 0.15) is 27.1 Å². The number of benzene rings is 3. The smallest absolute Gasteiger partial charge is 0.0438 e. The third-order valence-electron chi connectivity index (χ3n) is 4.00. The van der Waals surface area contributed by atoms with Gasteiger partial charge in [0, 0.05) is 4.83 Å². The van der Waals surface area contributed by atoms with Crippen LogP contribution in [0.5, 0.6) is 0 Å². The maximum absolute atomic E-state index is 3.87. The zero-order valence-electron chi connectivity index (χ0n) is 12.4. The minimum absolute atomic E-state index is 0.360. The zero-order valence-corrected chi connectivity index (χ0v) is 14.0. The van der Waals surface area contributed by atoms with E-state index in [0.717, 1.165) is 6.42 Å². The molecule has 3 rings (SSSR count). The first-order valence-electron chi connectivity index (χ1n) is 7.32. The molecule has 21 heavy (non-hydrogen) atoms. The highest BCUT2D eigenvalue weighted by molar-refractivity contribution is 9.09. The zero-order chi connectivity index (χ0) is 14.8. The largest absolute Gasteiger partial charge is 0.0835 e. The summed E-state index contributed by atoms with van der Waals surface area (Å²) < 4.78 is 0. The summed E-state index contributed by atoms with van der Waals surface area (Å²) in [6, 6.07) is 22.0. The van der Waals surface area contributed by atoms with E-state index in [2.05, 4.69) is 90.4 Å². The lowest BCUT2D eigenvalue weighted by Crippen LogP contribution is -1.98. The Morgan fingerprint density at radius 1 is 0.857 bits per heavy atom. The van der Waals surface area contributed by atoms with E-state index in [9.17, 15) is 0 Å². The molecule has 0 aliphatic rings. The maximum Gasteiger partial charge on any atom is 0.0438 e. The van der Waals surface area contributed by atoms with Crippen molar-refractivity contribution in [2.75, 3.05) is 0 Å². The van der Waals surface area contributed by atoms with Gasteiger partial charge in [0.2, 0.25) is 0 Å². The molecule has 1 heteroatoms. The molecule has 0 radical (unpaired) electrons. The van der Waals surface area contributed by atoms with Gasteiger partial charge in [-0.25, -0.2) is 0 Å². The second-order valence-corrected chi connectivity index (χ2v) is 6.82. The van der Waals surface area contributed by atoms with Crippen LogP contribution in [-0.4, -0.2) is 0 Å². The van der Waals surface area contributed by atoms with Crippen LogP contribution in [0.25, 0.3) is 10.8 Å². The van der Waals surface area contributed by atoms with Crippen molar-refractivity contribution >= 4 is 26.7 Å². The molecule has 0 spiro atoms. The highest BCUT2D eigenvalue weighted by Gasteiger charge is 2.11. The Morgan fingerprint density at radius 2 is 1.62 bits per heavy atom. The van der Waals surface area contributed by atoms with Gasteiger partial charge < -0.3 is 0 Å². The number of hydrogen-bond acceptors (Lipinski definition) is 0. The third-order valence-corrected chi connectivity index (χ3v) is 4.82. The van der Waals surface area contributed by atoms with Gasteiger partial charge in [-0.1, -0.05) is 82.2 Å². The van der Waals surface area contributed by atoms with E-state index in [1.807, 2.05) is 0 Å². The lowest BCUT2D eigenvalue weighted by molar-refractivity contribution is 0.938. The first kappa shape index (κ1) is 14.3. The van der Waals surface area contributed by atoms with Crippen LogP contribution in [0.4, 0.5) is 0 Å². The number of halogens is 1. The number of aryl methyl sites for hydroxylation is 2. The van der Waals surface area contributed by atoms with E-state index in [4.69, 9.17) is 0 Å². The number of hydrogen-bond donors (Lipinski definition) is 0. The molecule has 0 saturated heterocycles. The molecule has 3 aromatic carbocycles. The molecule has 0 nitrogen and oxygen atoms in total. The minimum atomic E-state index is 0.360. The van der Waals surface area contributed by atoms with E-state index < -0.39 is 0 Å². The maximum atomic E-state index is 3.87. The Bertz CT molecular complexity index is 774. The molecule has 0 fully saturated rings. The van der Waals surface area contributed by atoms with Crippen LogP contribution in [0.2, 0.25) is 0 Å². The van der Waals surface area contributed by atoms with Crippen LogP contribution in [0.3, 0.4) is 0 Å². The van der Waals surface area contributed by atoms with Crippen molar-refractivity contribution < 1.29 is 0 Å². The van der Waals surface area contributed by atoms with Crippen LogP contribution >= 0.6 is 15.9 Å². The molecule has 1 unspecified atom stereocenters. The molecule has 0 aliphatic carbocycles. The SMILES string of the molecule is Cc1ccc(C)c(C(Br)Cc2ccc3ccccc3c2)c1. The fourth-order valence-electron chi connectivity index (χ4n) is 2.78. The van der Waals surface area contributed by atoms with Gasteiger partial charge in [-0.3, -0.25) is 0 Å². The molecule has 0 N–H and O–H groups in total. The number of fused-ring (bicyclic) bond motifs is 1. The Morgan fingerprint density at radius 3 is 2.43 bits per heavy atom. The Hall–Kier alpha value is -1.60. The van der Waals surface area contributed by atoms with Crippen molar-refractivity contribution in [3.63, 3.8) is 0 Å². The molecule has 0 heterocycles.